The quantitative estimate of drug-likeness (QED) is 0.294. The number of ketones is 1. The van der Waals surface area contributed by atoms with Crippen LogP contribution in [0, 0.1) is 0 Å². The summed E-state index contributed by atoms with van der Waals surface area (Å²) in [5.41, 5.74) is -0.0575. The molecular formula is C12H14O6. The summed E-state index contributed by atoms with van der Waals surface area (Å²) in [6, 6.07) is 0. The molecule has 0 N–H and O–H groups in total. The maximum Gasteiger partial charge on any atom is 0.330 e. The molecule has 0 spiro atoms. The summed E-state index contributed by atoms with van der Waals surface area (Å²) in [7, 11) is 1.20. The third kappa shape index (κ3) is 5.74. The number of carbonyl (C=O) groups is 4. The number of hydrogen-bond acceptors (Lipinski definition) is 6. The number of rotatable bonds is 6. The molecule has 0 aliphatic carbocycles. The number of Topliss-reactive ketones (excluding diaryl/α,β-unsaturated/α-hetero) is 1. The number of methoxy groups -OCH3 is 1. The predicted octanol–water partition coefficient (Wildman–Crippen LogP) is 0.362. The van der Waals surface area contributed by atoms with E-state index in [1.165, 1.54) is 26.2 Å². The number of carbonyl (C=O) groups excluding carboxylic acids is 4. The Labute approximate surface area is 104 Å². The molecule has 0 radical (unpaired) electrons. The number of esters is 2. The molecule has 6 heteroatoms. The van der Waals surface area contributed by atoms with Crippen molar-refractivity contribution in [3.8, 4) is 0 Å². The summed E-state index contributed by atoms with van der Waals surface area (Å²) in [5, 5.41) is 0. The lowest BCUT2D eigenvalue weighted by atomic mass is 10.1. The van der Waals surface area contributed by atoms with Crippen molar-refractivity contribution in [2.45, 2.75) is 20.0 Å². The molecule has 0 fully saturated rings. The fourth-order valence-corrected chi connectivity index (χ4v) is 1.05. The van der Waals surface area contributed by atoms with Crippen LogP contribution in [0.3, 0.4) is 0 Å². The van der Waals surface area contributed by atoms with Gasteiger partial charge in [-0.2, -0.15) is 0 Å². The van der Waals surface area contributed by atoms with Crippen LogP contribution < -0.4 is 0 Å². The number of ether oxygens (including phenoxy) is 2. The van der Waals surface area contributed by atoms with Gasteiger partial charge in [-0.25, -0.2) is 4.79 Å². The summed E-state index contributed by atoms with van der Waals surface area (Å²) >= 11 is 0. The standard InChI is InChI=1S/C12H14O6/c1-8(14)12(18-9(2)15)10(7-13)5-4-6-11(16)17-3/h4-7,12H,1-3H3/b6-4-,10-5-/t12-/m1/s1. The molecule has 0 amide bonds. The van der Waals surface area contributed by atoms with Gasteiger partial charge in [0.25, 0.3) is 0 Å². The molecule has 0 aromatic rings. The van der Waals surface area contributed by atoms with E-state index in [0.717, 1.165) is 13.0 Å². The zero-order valence-electron chi connectivity index (χ0n) is 10.3. The van der Waals surface area contributed by atoms with E-state index in [0.29, 0.717) is 6.29 Å². The Bertz CT molecular complexity index is 405. The molecule has 0 bridgehead atoms. The SMILES string of the molecule is COC(=O)/C=C\C=C(\C=O)[C@H](OC(C)=O)C(C)=O. The van der Waals surface area contributed by atoms with Gasteiger partial charge in [0.05, 0.1) is 7.11 Å². The van der Waals surface area contributed by atoms with Crippen molar-refractivity contribution in [2.75, 3.05) is 7.11 Å². The van der Waals surface area contributed by atoms with Crippen molar-refractivity contribution in [3.05, 3.63) is 23.8 Å². The van der Waals surface area contributed by atoms with Crippen molar-refractivity contribution in [2.24, 2.45) is 0 Å². The minimum absolute atomic E-state index is 0.0575. The first kappa shape index (κ1) is 15.8. The van der Waals surface area contributed by atoms with Crippen molar-refractivity contribution >= 4 is 24.0 Å². The lowest BCUT2D eigenvalue weighted by Gasteiger charge is -2.12. The summed E-state index contributed by atoms with van der Waals surface area (Å²) in [6.07, 6.45) is 2.63. The molecule has 0 saturated heterocycles. The fraction of sp³-hybridized carbons (Fsp3) is 0.333. The molecule has 6 nitrogen and oxygen atoms in total. The van der Waals surface area contributed by atoms with Crippen LogP contribution >= 0.6 is 0 Å². The Morgan fingerprint density at radius 1 is 1.17 bits per heavy atom. The van der Waals surface area contributed by atoms with E-state index in [9.17, 15) is 19.2 Å². The van der Waals surface area contributed by atoms with Crippen LogP contribution in [-0.4, -0.2) is 37.2 Å². The maximum absolute atomic E-state index is 11.2. The van der Waals surface area contributed by atoms with Crippen molar-refractivity contribution in [1.29, 1.82) is 0 Å². The molecule has 98 valence electrons. The van der Waals surface area contributed by atoms with E-state index in [1.807, 2.05) is 0 Å². The predicted molar refractivity (Wildman–Crippen MR) is 61.5 cm³/mol. The first-order valence-electron chi connectivity index (χ1n) is 5.01. The van der Waals surface area contributed by atoms with Crippen molar-refractivity contribution in [3.63, 3.8) is 0 Å². The van der Waals surface area contributed by atoms with E-state index < -0.39 is 23.8 Å². The van der Waals surface area contributed by atoms with Gasteiger partial charge in [-0.3, -0.25) is 14.4 Å². The Morgan fingerprint density at radius 2 is 1.78 bits per heavy atom. The number of aldehydes is 1. The second-order valence-corrected chi connectivity index (χ2v) is 3.27. The first-order chi connectivity index (χ1) is 8.42. The van der Waals surface area contributed by atoms with Gasteiger partial charge in [-0.15, -0.1) is 0 Å². The Kier molecular flexibility index (Phi) is 6.95. The van der Waals surface area contributed by atoms with Gasteiger partial charge in [0.2, 0.25) is 0 Å². The van der Waals surface area contributed by atoms with E-state index >= 15 is 0 Å². The van der Waals surface area contributed by atoms with E-state index in [4.69, 9.17) is 4.74 Å². The monoisotopic (exact) mass is 254 g/mol. The Morgan fingerprint density at radius 3 is 2.17 bits per heavy atom. The van der Waals surface area contributed by atoms with E-state index in [2.05, 4.69) is 4.74 Å². The zero-order chi connectivity index (χ0) is 14.1. The molecule has 0 aliphatic rings. The van der Waals surface area contributed by atoms with Crippen LogP contribution in [0.2, 0.25) is 0 Å². The summed E-state index contributed by atoms with van der Waals surface area (Å²) in [5.74, 6) is -1.78. The average Bonchev–Trinajstić information content (AvgIpc) is 2.31. The molecular weight excluding hydrogens is 240 g/mol. The number of allylic oxidation sites excluding steroid dienone is 2. The molecule has 0 aromatic carbocycles. The highest BCUT2D eigenvalue weighted by atomic mass is 16.5. The van der Waals surface area contributed by atoms with E-state index in [1.54, 1.807) is 0 Å². The lowest BCUT2D eigenvalue weighted by molar-refractivity contribution is -0.150. The van der Waals surface area contributed by atoms with Crippen LogP contribution in [0.25, 0.3) is 0 Å². The van der Waals surface area contributed by atoms with Crippen molar-refractivity contribution in [1.82, 2.24) is 0 Å². The van der Waals surface area contributed by atoms with Crippen LogP contribution in [0.1, 0.15) is 13.8 Å². The molecule has 0 heterocycles. The van der Waals surface area contributed by atoms with E-state index in [-0.39, 0.29) is 5.57 Å². The topological polar surface area (TPSA) is 86.7 Å². The molecule has 0 aromatic heterocycles. The van der Waals surface area contributed by atoms with Gasteiger partial charge in [0.1, 0.15) is 6.29 Å². The molecule has 0 aliphatic heterocycles. The second-order valence-electron chi connectivity index (χ2n) is 3.27. The van der Waals surface area contributed by atoms with Crippen LogP contribution in [0.4, 0.5) is 0 Å². The van der Waals surface area contributed by atoms with Crippen molar-refractivity contribution < 1.29 is 28.7 Å². The summed E-state index contributed by atoms with van der Waals surface area (Å²) < 4.78 is 9.05. The van der Waals surface area contributed by atoms with Crippen LogP contribution in [0.5, 0.6) is 0 Å². The van der Waals surface area contributed by atoms with Gasteiger partial charge >= 0.3 is 11.9 Å². The Hall–Kier alpha value is -2.24. The van der Waals surface area contributed by atoms with Gasteiger partial charge in [0.15, 0.2) is 11.9 Å². The largest absolute Gasteiger partial charge is 0.466 e. The highest BCUT2D eigenvalue weighted by molar-refractivity contribution is 5.94. The van der Waals surface area contributed by atoms with Gasteiger partial charge in [-0.05, 0) is 6.92 Å². The molecule has 0 rings (SSSR count). The third-order valence-electron chi connectivity index (χ3n) is 1.81. The first-order valence-corrected chi connectivity index (χ1v) is 5.01. The van der Waals surface area contributed by atoms with Gasteiger partial charge < -0.3 is 9.47 Å². The second kappa shape index (κ2) is 7.94. The highest BCUT2D eigenvalue weighted by Crippen LogP contribution is 2.07. The summed E-state index contributed by atoms with van der Waals surface area (Å²) in [6.45, 7) is 2.32. The van der Waals surface area contributed by atoms with Gasteiger partial charge in [0, 0.05) is 18.6 Å². The highest BCUT2D eigenvalue weighted by Gasteiger charge is 2.21. The third-order valence-corrected chi connectivity index (χ3v) is 1.81. The van der Waals surface area contributed by atoms with Crippen LogP contribution in [0.15, 0.2) is 23.8 Å². The normalized spacial score (nSPS) is 12.9. The minimum Gasteiger partial charge on any atom is -0.466 e. The lowest BCUT2D eigenvalue weighted by Crippen LogP contribution is -2.27. The maximum atomic E-state index is 11.2. The molecule has 1 atom stereocenters. The Balaban J connectivity index is 5.00. The zero-order valence-corrected chi connectivity index (χ0v) is 10.3. The fourth-order valence-electron chi connectivity index (χ4n) is 1.05. The molecule has 0 unspecified atom stereocenters. The smallest absolute Gasteiger partial charge is 0.330 e. The molecule has 18 heavy (non-hydrogen) atoms. The minimum atomic E-state index is -1.26. The molecule has 0 saturated carbocycles. The van der Waals surface area contributed by atoms with Gasteiger partial charge in [-0.1, -0.05) is 12.2 Å². The average molecular weight is 254 g/mol. The van der Waals surface area contributed by atoms with Crippen LogP contribution in [-0.2, 0) is 28.7 Å². The summed E-state index contributed by atoms with van der Waals surface area (Å²) in [4.78, 5) is 43.6. The number of hydrogen-bond donors (Lipinski definition) is 0.